The van der Waals surface area contributed by atoms with E-state index in [-0.39, 0.29) is 33.4 Å². The third-order valence-electron chi connectivity index (χ3n) is 7.90. The maximum Gasteiger partial charge on any atom is 0.231 e. The molecule has 7 heteroatoms. The first-order valence-electron chi connectivity index (χ1n) is 15.6. The third-order valence-corrected chi connectivity index (χ3v) is 9.68. The molecule has 0 unspecified atom stereocenters. The topological polar surface area (TPSA) is 92.3 Å². The van der Waals surface area contributed by atoms with Crippen molar-refractivity contribution in [3.8, 4) is 0 Å². The first-order chi connectivity index (χ1) is 21.3. The molecule has 45 heavy (non-hydrogen) atoms. The molecule has 0 heterocycles. The number of benzene rings is 4. The number of amides is 2. The second kappa shape index (κ2) is 14.7. The highest BCUT2D eigenvalue weighted by atomic mass is 32.2. The van der Waals surface area contributed by atoms with E-state index in [9.17, 15) is 18.0 Å². The Bertz CT molecular complexity index is 1570. The van der Waals surface area contributed by atoms with Gasteiger partial charge in [0.25, 0.3) is 0 Å². The number of carbonyl (C=O) groups excluding carboxylic acids is 2. The zero-order valence-electron chi connectivity index (χ0n) is 27.0. The number of nitrogens with one attached hydrogen (secondary N) is 2. The van der Waals surface area contributed by atoms with Crippen molar-refractivity contribution in [1.29, 1.82) is 0 Å². The van der Waals surface area contributed by atoms with Crippen LogP contribution in [0, 0.1) is 11.8 Å². The SMILES string of the molecule is CC(C)Cc1ccc([C@@H](C)C(=O)Nc2ccc(S(=O)(=O)c3ccc(NC(=O)[C@H](C)c4ccc(CC(C)C)cc4)cc3)cc2)cc1. The van der Waals surface area contributed by atoms with E-state index in [4.69, 9.17) is 0 Å². The van der Waals surface area contributed by atoms with Crippen LogP contribution >= 0.6 is 0 Å². The molecular weight excluding hydrogens is 580 g/mol. The number of sulfone groups is 1. The summed E-state index contributed by atoms with van der Waals surface area (Å²) in [7, 11) is -3.80. The van der Waals surface area contributed by atoms with Crippen LogP contribution in [-0.2, 0) is 32.3 Å². The molecule has 6 nitrogen and oxygen atoms in total. The van der Waals surface area contributed by atoms with Crippen molar-refractivity contribution in [1.82, 2.24) is 0 Å². The second-order valence-electron chi connectivity index (χ2n) is 12.7. The molecule has 236 valence electrons. The summed E-state index contributed by atoms with van der Waals surface area (Å²) in [6.45, 7) is 12.4. The second-order valence-corrected chi connectivity index (χ2v) is 14.6. The monoisotopic (exact) mass is 624 g/mol. The number of hydrogen-bond acceptors (Lipinski definition) is 4. The van der Waals surface area contributed by atoms with Crippen molar-refractivity contribution in [2.24, 2.45) is 11.8 Å². The van der Waals surface area contributed by atoms with Gasteiger partial charge in [-0.25, -0.2) is 8.42 Å². The van der Waals surface area contributed by atoms with E-state index in [1.54, 1.807) is 24.3 Å². The zero-order valence-corrected chi connectivity index (χ0v) is 27.8. The maximum atomic E-state index is 13.3. The lowest BCUT2D eigenvalue weighted by atomic mass is 9.96. The average Bonchev–Trinajstić information content (AvgIpc) is 3.01. The van der Waals surface area contributed by atoms with Crippen LogP contribution < -0.4 is 10.6 Å². The fourth-order valence-electron chi connectivity index (χ4n) is 5.20. The van der Waals surface area contributed by atoms with Gasteiger partial charge < -0.3 is 10.6 Å². The van der Waals surface area contributed by atoms with E-state index < -0.39 is 9.84 Å². The van der Waals surface area contributed by atoms with Gasteiger partial charge in [0.2, 0.25) is 21.7 Å². The Morgan fingerprint density at radius 1 is 0.511 bits per heavy atom. The highest BCUT2D eigenvalue weighted by Gasteiger charge is 2.20. The number of rotatable bonds is 12. The maximum absolute atomic E-state index is 13.3. The molecule has 0 radical (unpaired) electrons. The predicted molar refractivity (Wildman–Crippen MR) is 182 cm³/mol. The summed E-state index contributed by atoms with van der Waals surface area (Å²) in [5.74, 6) is 0.0630. The van der Waals surface area contributed by atoms with Gasteiger partial charge in [-0.1, -0.05) is 76.2 Å². The molecule has 4 aromatic rings. The third kappa shape index (κ3) is 8.92. The lowest BCUT2D eigenvalue weighted by molar-refractivity contribution is -0.118. The molecule has 4 rings (SSSR count). The van der Waals surface area contributed by atoms with Crippen molar-refractivity contribution < 1.29 is 18.0 Å². The van der Waals surface area contributed by atoms with E-state index in [0.717, 1.165) is 24.0 Å². The van der Waals surface area contributed by atoms with Crippen LogP contribution in [0.5, 0.6) is 0 Å². The van der Waals surface area contributed by atoms with Crippen LogP contribution in [0.1, 0.15) is 75.6 Å². The van der Waals surface area contributed by atoms with E-state index in [0.29, 0.717) is 23.2 Å². The number of hydrogen-bond donors (Lipinski definition) is 2. The van der Waals surface area contributed by atoms with E-state index >= 15 is 0 Å². The summed E-state index contributed by atoms with van der Waals surface area (Å²) in [4.78, 5) is 26.0. The smallest absolute Gasteiger partial charge is 0.231 e. The first kappa shape index (κ1) is 33.7. The van der Waals surface area contributed by atoms with E-state index in [2.05, 4.69) is 62.6 Å². The van der Waals surface area contributed by atoms with Gasteiger partial charge in [-0.2, -0.15) is 0 Å². The van der Waals surface area contributed by atoms with Gasteiger partial charge in [-0.3, -0.25) is 9.59 Å². The Kier molecular flexibility index (Phi) is 11.0. The highest BCUT2D eigenvalue weighted by molar-refractivity contribution is 7.91. The fourth-order valence-corrected chi connectivity index (χ4v) is 6.46. The van der Waals surface area contributed by atoms with Crippen LogP contribution in [-0.4, -0.2) is 20.2 Å². The molecule has 0 bridgehead atoms. The summed E-state index contributed by atoms with van der Waals surface area (Å²) >= 11 is 0. The molecule has 2 N–H and O–H groups in total. The molecule has 0 aliphatic heterocycles. The summed E-state index contributed by atoms with van der Waals surface area (Å²) < 4.78 is 26.6. The average molecular weight is 625 g/mol. The molecule has 0 aliphatic rings. The minimum Gasteiger partial charge on any atom is -0.326 e. The molecule has 0 saturated carbocycles. The molecule has 0 aliphatic carbocycles. The van der Waals surface area contributed by atoms with Crippen LogP contribution in [0.15, 0.2) is 107 Å². The van der Waals surface area contributed by atoms with Crippen LogP contribution in [0.25, 0.3) is 0 Å². The van der Waals surface area contributed by atoms with Gasteiger partial charge in [-0.05, 0) is 109 Å². The Balaban J connectivity index is 1.35. The zero-order chi connectivity index (χ0) is 32.7. The molecule has 2 atom stereocenters. The predicted octanol–water partition coefficient (Wildman–Crippen LogP) is 8.40. The largest absolute Gasteiger partial charge is 0.326 e. The Labute approximate surface area is 268 Å². The lowest BCUT2D eigenvalue weighted by Crippen LogP contribution is -2.19. The molecule has 0 spiro atoms. The van der Waals surface area contributed by atoms with Gasteiger partial charge in [0, 0.05) is 11.4 Å². The van der Waals surface area contributed by atoms with Crippen molar-refractivity contribution in [3.05, 3.63) is 119 Å². The van der Waals surface area contributed by atoms with Crippen molar-refractivity contribution >= 4 is 33.0 Å². The van der Waals surface area contributed by atoms with Gasteiger partial charge in [0.15, 0.2) is 0 Å². The van der Waals surface area contributed by atoms with E-state index in [1.807, 2.05) is 38.1 Å². The minimum absolute atomic E-state index is 0.112. The summed E-state index contributed by atoms with van der Waals surface area (Å²) in [6, 6.07) is 28.5. The Hall–Kier alpha value is -4.23. The molecule has 0 fully saturated rings. The van der Waals surface area contributed by atoms with Gasteiger partial charge in [0.05, 0.1) is 21.6 Å². The van der Waals surface area contributed by atoms with Gasteiger partial charge in [-0.15, -0.1) is 0 Å². The summed E-state index contributed by atoms with van der Waals surface area (Å²) in [5.41, 5.74) is 5.36. The normalized spacial score (nSPS) is 13.0. The van der Waals surface area contributed by atoms with Gasteiger partial charge in [0.1, 0.15) is 0 Å². The minimum atomic E-state index is -3.80. The molecule has 2 amide bonds. The van der Waals surface area contributed by atoms with Crippen LogP contribution in [0.4, 0.5) is 11.4 Å². The fraction of sp³-hybridized carbons (Fsp3) is 0.316. The van der Waals surface area contributed by atoms with Crippen molar-refractivity contribution in [2.75, 3.05) is 10.6 Å². The summed E-state index contributed by atoms with van der Waals surface area (Å²) in [6.07, 6.45) is 1.98. The highest BCUT2D eigenvalue weighted by Crippen LogP contribution is 2.26. The van der Waals surface area contributed by atoms with Crippen LogP contribution in [0.2, 0.25) is 0 Å². The number of anilines is 2. The summed E-state index contributed by atoms with van der Waals surface area (Å²) in [5, 5.41) is 5.78. The van der Waals surface area contributed by atoms with Gasteiger partial charge >= 0.3 is 0 Å². The Morgan fingerprint density at radius 3 is 1.11 bits per heavy atom. The molecule has 0 aromatic heterocycles. The van der Waals surface area contributed by atoms with Crippen LogP contribution in [0.3, 0.4) is 0 Å². The van der Waals surface area contributed by atoms with Crippen molar-refractivity contribution in [3.63, 3.8) is 0 Å². The Morgan fingerprint density at radius 2 is 0.822 bits per heavy atom. The van der Waals surface area contributed by atoms with Crippen molar-refractivity contribution in [2.45, 2.75) is 76.0 Å². The molecule has 0 saturated heterocycles. The molecular formula is C38H44N2O4S. The standard InChI is InChI=1S/C38H44N2O4S/c1-25(2)23-29-7-11-31(12-8-29)27(5)37(41)39-33-15-19-35(20-16-33)45(43,44)36-21-17-34(18-22-36)40-38(42)28(6)32-13-9-30(10-14-32)24-26(3)4/h7-22,25-28H,23-24H2,1-6H3,(H,39,41)(H,40,42)/t27-,28-/m1/s1. The molecule has 4 aromatic carbocycles. The number of carbonyl (C=O) groups is 2. The van der Waals surface area contributed by atoms with E-state index in [1.165, 1.54) is 35.4 Å². The first-order valence-corrected chi connectivity index (χ1v) is 17.1. The lowest BCUT2D eigenvalue weighted by Gasteiger charge is -2.15. The quantitative estimate of drug-likeness (QED) is 0.166.